The third kappa shape index (κ3) is 5.43. The minimum absolute atomic E-state index is 0.178. The van der Waals surface area contributed by atoms with E-state index in [9.17, 15) is 4.79 Å². The Morgan fingerprint density at radius 3 is 2.50 bits per heavy atom. The summed E-state index contributed by atoms with van der Waals surface area (Å²) in [5.74, 6) is 0.336. The quantitative estimate of drug-likeness (QED) is 0.838. The van der Waals surface area contributed by atoms with Gasteiger partial charge in [0, 0.05) is 25.6 Å². The van der Waals surface area contributed by atoms with Gasteiger partial charge in [-0.25, -0.2) is 0 Å². The molecule has 3 heteroatoms. The Morgan fingerprint density at radius 1 is 1.30 bits per heavy atom. The Hall–Kier alpha value is -0.570. The lowest BCUT2D eigenvalue weighted by atomic mass is 9.85. The van der Waals surface area contributed by atoms with Gasteiger partial charge in [0.25, 0.3) is 0 Å². The van der Waals surface area contributed by atoms with Crippen molar-refractivity contribution in [3.8, 4) is 0 Å². The molecule has 0 aromatic heterocycles. The minimum Gasteiger partial charge on any atom is -0.341 e. The van der Waals surface area contributed by atoms with E-state index >= 15 is 0 Å². The molecule has 20 heavy (non-hydrogen) atoms. The third-order valence-electron chi connectivity index (χ3n) is 4.52. The second-order valence-electron chi connectivity index (χ2n) is 8.13. The van der Waals surface area contributed by atoms with E-state index in [-0.39, 0.29) is 5.41 Å². The highest BCUT2D eigenvalue weighted by Gasteiger charge is 2.31. The molecule has 1 heterocycles. The average molecular weight is 282 g/mol. The van der Waals surface area contributed by atoms with Crippen molar-refractivity contribution in [2.75, 3.05) is 19.6 Å². The van der Waals surface area contributed by atoms with Crippen LogP contribution in [0.2, 0.25) is 0 Å². The lowest BCUT2D eigenvalue weighted by Crippen LogP contribution is -2.50. The predicted molar refractivity (Wildman–Crippen MR) is 85.7 cm³/mol. The molecule has 1 rings (SSSR count). The van der Waals surface area contributed by atoms with E-state index in [1.165, 1.54) is 0 Å². The van der Waals surface area contributed by atoms with Crippen LogP contribution in [0.3, 0.4) is 0 Å². The lowest BCUT2D eigenvalue weighted by Gasteiger charge is -2.36. The molecule has 0 radical (unpaired) electrons. The summed E-state index contributed by atoms with van der Waals surface area (Å²) in [6.07, 6.45) is 3.97. The van der Waals surface area contributed by atoms with Crippen molar-refractivity contribution in [2.24, 2.45) is 10.8 Å². The largest absolute Gasteiger partial charge is 0.341 e. The molecule has 1 fully saturated rings. The zero-order valence-corrected chi connectivity index (χ0v) is 14.4. The molecule has 0 bridgehead atoms. The first-order valence-corrected chi connectivity index (χ1v) is 8.17. The first-order valence-electron chi connectivity index (χ1n) is 8.17. The van der Waals surface area contributed by atoms with Crippen LogP contribution in [-0.2, 0) is 4.79 Å². The maximum Gasteiger partial charge on any atom is 0.222 e. The zero-order chi connectivity index (χ0) is 15.4. The Morgan fingerprint density at radius 2 is 1.95 bits per heavy atom. The molecule has 0 aromatic carbocycles. The molecule has 1 unspecified atom stereocenters. The van der Waals surface area contributed by atoms with Gasteiger partial charge < -0.3 is 10.2 Å². The van der Waals surface area contributed by atoms with E-state index in [0.29, 0.717) is 23.8 Å². The maximum atomic E-state index is 12.3. The number of amides is 1. The summed E-state index contributed by atoms with van der Waals surface area (Å²) >= 11 is 0. The molecule has 0 aromatic rings. The first-order chi connectivity index (χ1) is 9.15. The average Bonchev–Trinajstić information content (AvgIpc) is 2.45. The van der Waals surface area contributed by atoms with Gasteiger partial charge >= 0.3 is 0 Å². The summed E-state index contributed by atoms with van der Waals surface area (Å²) < 4.78 is 0. The number of nitrogens with one attached hydrogen (secondary N) is 1. The van der Waals surface area contributed by atoms with Gasteiger partial charge in [-0.15, -0.1) is 0 Å². The van der Waals surface area contributed by atoms with E-state index in [1.807, 2.05) is 0 Å². The van der Waals surface area contributed by atoms with Crippen LogP contribution in [0.15, 0.2) is 0 Å². The van der Waals surface area contributed by atoms with E-state index < -0.39 is 0 Å². The molecular weight excluding hydrogens is 248 g/mol. The van der Waals surface area contributed by atoms with Gasteiger partial charge in [0.2, 0.25) is 5.91 Å². The molecule has 1 aliphatic rings. The molecule has 1 N–H and O–H groups in total. The van der Waals surface area contributed by atoms with Crippen molar-refractivity contribution in [1.82, 2.24) is 10.2 Å². The Balaban J connectivity index is 2.69. The smallest absolute Gasteiger partial charge is 0.222 e. The number of carbonyl (C=O) groups is 1. The standard InChI is InChI=1S/C17H34N2O/c1-7-11-18-14(16(2,3)4)13-19-12-10-17(5,6)9-8-15(19)20/h14,18H,7-13H2,1-6H3. The number of rotatable bonds is 5. The summed E-state index contributed by atoms with van der Waals surface area (Å²) in [7, 11) is 0. The van der Waals surface area contributed by atoms with Crippen LogP contribution in [-0.4, -0.2) is 36.5 Å². The molecule has 118 valence electrons. The SMILES string of the molecule is CCCNC(CN1CCC(C)(C)CCC1=O)C(C)(C)C. The molecule has 0 aliphatic carbocycles. The first kappa shape index (κ1) is 17.5. The van der Waals surface area contributed by atoms with Gasteiger partial charge in [-0.3, -0.25) is 4.79 Å². The van der Waals surface area contributed by atoms with Crippen LogP contribution in [0.4, 0.5) is 0 Å². The van der Waals surface area contributed by atoms with Gasteiger partial charge in [0.1, 0.15) is 0 Å². The summed E-state index contributed by atoms with van der Waals surface area (Å²) in [6, 6.07) is 0.368. The molecule has 0 saturated carbocycles. The number of likely N-dealkylation sites (tertiary alicyclic amines) is 1. The molecular formula is C17H34N2O. The Bertz CT molecular complexity index is 317. The highest BCUT2D eigenvalue weighted by Crippen LogP contribution is 2.31. The molecule has 1 atom stereocenters. The molecule has 1 amide bonds. The van der Waals surface area contributed by atoms with E-state index in [1.54, 1.807) is 0 Å². The molecule has 3 nitrogen and oxygen atoms in total. The van der Waals surface area contributed by atoms with E-state index in [2.05, 4.69) is 51.8 Å². The van der Waals surface area contributed by atoms with Crippen molar-refractivity contribution < 1.29 is 4.79 Å². The number of carbonyl (C=O) groups excluding carboxylic acids is 1. The van der Waals surface area contributed by atoms with Crippen LogP contribution in [0.5, 0.6) is 0 Å². The Labute approximate surface area is 125 Å². The fraction of sp³-hybridized carbons (Fsp3) is 0.941. The predicted octanol–water partition coefficient (Wildman–Crippen LogP) is 3.44. The number of hydrogen-bond donors (Lipinski definition) is 1. The highest BCUT2D eigenvalue weighted by molar-refractivity contribution is 5.76. The van der Waals surface area contributed by atoms with Gasteiger partial charge in [-0.2, -0.15) is 0 Å². The van der Waals surface area contributed by atoms with Crippen LogP contribution >= 0.6 is 0 Å². The highest BCUT2D eigenvalue weighted by atomic mass is 16.2. The van der Waals surface area contributed by atoms with Crippen molar-refractivity contribution >= 4 is 5.91 Å². The lowest BCUT2D eigenvalue weighted by molar-refractivity contribution is -0.131. The fourth-order valence-corrected chi connectivity index (χ4v) is 2.67. The topological polar surface area (TPSA) is 32.3 Å². The Kier molecular flexibility index (Phi) is 6.06. The minimum atomic E-state index is 0.178. The zero-order valence-electron chi connectivity index (χ0n) is 14.4. The van der Waals surface area contributed by atoms with Gasteiger partial charge in [0.15, 0.2) is 0 Å². The normalized spacial score (nSPS) is 21.7. The van der Waals surface area contributed by atoms with Gasteiger partial charge in [-0.1, -0.05) is 41.5 Å². The number of hydrogen-bond acceptors (Lipinski definition) is 2. The summed E-state index contributed by atoms with van der Waals surface area (Å²) in [4.78, 5) is 14.4. The van der Waals surface area contributed by atoms with Crippen LogP contribution in [0, 0.1) is 10.8 Å². The second-order valence-corrected chi connectivity index (χ2v) is 8.13. The molecule has 1 saturated heterocycles. The monoisotopic (exact) mass is 282 g/mol. The van der Waals surface area contributed by atoms with E-state index in [0.717, 1.165) is 38.9 Å². The second kappa shape index (κ2) is 6.93. The number of nitrogens with zero attached hydrogens (tertiary/aromatic N) is 1. The van der Waals surface area contributed by atoms with Crippen LogP contribution in [0.25, 0.3) is 0 Å². The third-order valence-corrected chi connectivity index (χ3v) is 4.52. The fourth-order valence-electron chi connectivity index (χ4n) is 2.67. The van der Waals surface area contributed by atoms with E-state index in [4.69, 9.17) is 0 Å². The molecule has 1 aliphatic heterocycles. The van der Waals surface area contributed by atoms with Gasteiger partial charge in [0.05, 0.1) is 0 Å². The summed E-state index contributed by atoms with van der Waals surface area (Å²) in [5.41, 5.74) is 0.482. The van der Waals surface area contributed by atoms with Crippen molar-refractivity contribution in [2.45, 2.75) is 73.3 Å². The summed E-state index contributed by atoms with van der Waals surface area (Å²) in [5, 5.41) is 3.62. The van der Waals surface area contributed by atoms with Gasteiger partial charge in [-0.05, 0) is 36.6 Å². The van der Waals surface area contributed by atoms with Crippen molar-refractivity contribution in [1.29, 1.82) is 0 Å². The van der Waals surface area contributed by atoms with Crippen LogP contribution in [0.1, 0.15) is 67.2 Å². The van der Waals surface area contributed by atoms with Crippen molar-refractivity contribution in [3.63, 3.8) is 0 Å². The summed E-state index contributed by atoms with van der Waals surface area (Å²) in [6.45, 7) is 16.3. The maximum absolute atomic E-state index is 12.3. The molecule has 0 spiro atoms. The van der Waals surface area contributed by atoms with Crippen LogP contribution < -0.4 is 5.32 Å². The van der Waals surface area contributed by atoms with Crippen molar-refractivity contribution in [3.05, 3.63) is 0 Å².